The van der Waals surface area contributed by atoms with Gasteiger partial charge in [0.2, 0.25) is 0 Å². The third-order valence-electron chi connectivity index (χ3n) is 3.23. The molecule has 2 nitrogen and oxygen atoms in total. The highest BCUT2D eigenvalue weighted by molar-refractivity contribution is 9.10. The van der Waals surface area contributed by atoms with E-state index in [1.807, 2.05) is 25.4 Å². The van der Waals surface area contributed by atoms with Crippen LogP contribution in [0.3, 0.4) is 0 Å². The number of hydrogen-bond acceptors (Lipinski definition) is 2. The molecule has 0 aliphatic heterocycles. The van der Waals surface area contributed by atoms with Crippen molar-refractivity contribution in [3.8, 4) is 0 Å². The highest BCUT2D eigenvalue weighted by Gasteiger charge is 2.09. The normalized spacial score (nSPS) is 10.5. The van der Waals surface area contributed by atoms with Crippen LogP contribution in [0.2, 0.25) is 0 Å². The Kier molecular flexibility index (Phi) is 3.71. The van der Waals surface area contributed by atoms with E-state index in [-0.39, 0.29) is 0 Å². The minimum atomic E-state index is 0.949. The first-order valence-corrected chi connectivity index (χ1v) is 6.71. The van der Waals surface area contributed by atoms with Crippen LogP contribution in [0.25, 0.3) is 0 Å². The van der Waals surface area contributed by atoms with Crippen LogP contribution in [-0.4, -0.2) is 12.0 Å². The quantitative estimate of drug-likeness (QED) is 0.810. The van der Waals surface area contributed by atoms with Gasteiger partial charge in [0.25, 0.3) is 0 Å². The SMILES string of the molecule is Cc1cc(C)c(N(C)c2ccc(Br)cn2)cc1C. The molecule has 2 rings (SSSR count). The Balaban J connectivity index is 2.42. The number of aromatic nitrogens is 1. The number of halogens is 1. The summed E-state index contributed by atoms with van der Waals surface area (Å²) in [6.45, 7) is 6.42. The summed E-state index contributed by atoms with van der Waals surface area (Å²) in [6, 6.07) is 8.46. The van der Waals surface area contributed by atoms with Crippen molar-refractivity contribution in [3.63, 3.8) is 0 Å². The van der Waals surface area contributed by atoms with Crippen LogP contribution in [0, 0.1) is 20.8 Å². The molecule has 0 saturated carbocycles. The van der Waals surface area contributed by atoms with E-state index in [4.69, 9.17) is 0 Å². The van der Waals surface area contributed by atoms with Gasteiger partial charge in [-0.05, 0) is 71.6 Å². The second-order valence-electron chi connectivity index (χ2n) is 4.62. The van der Waals surface area contributed by atoms with Gasteiger partial charge in [0.1, 0.15) is 5.82 Å². The molecule has 0 spiro atoms. The van der Waals surface area contributed by atoms with Crippen LogP contribution in [0.5, 0.6) is 0 Å². The molecular weight excluding hydrogens is 288 g/mol. The monoisotopic (exact) mass is 304 g/mol. The summed E-state index contributed by atoms with van der Waals surface area (Å²) in [6.07, 6.45) is 1.82. The molecule has 1 aromatic heterocycles. The first kappa shape index (κ1) is 13.1. The predicted molar refractivity (Wildman–Crippen MR) is 80.7 cm³/mol. The van der Waals surface area contributed by atoms with E-state index in [9.17, 15) is 0 Å². The average Bonchev–Trinajstić information content (AvgIpc) is 2.34. The van der Waals surface area contributed by atoms with E-state index in [1.165, 1.54) is 22.4 Å². The molecule has 2 aromatic rings. The lowest BCUT2D eigenvalue weighted by atomic mass is 10.0. The lowest BCUT2D eigenvalue weighted by Gasteiger charge is -2.21. The van der Waals surface area contributed by atoms with Gasteiger partial charge in [-0.1, -0.05) is 6.07 Å². The molecule has 3 heteroatoms. The molecule has 94 valence electrons. The van der Waals surface area contributed by atoms with Crippen LogP contribution in [-0.2, 0) is 0 Å². The van der Waals surface area contributed by atoms with Crippen molar-refractivity contribution in [2.45, 2.75) is 20.8 Å². The van der Waals surface area contributed by atoms with E-state index >= 15 is 0 Å². The van der Waals surface area contributed by atoms with Gasteiger partial charge in [0.15, 0.2) is 0 Å². The van der Waals surface area contributed by atoms with Crippen molar-refractivity contribution >= 4 is 27.4 Å². The molecule has 0 saturated heterocycles. The third kappa shape index (κ3) is 2.56. The van der Waals surface area contributed by atoms with Crippen LogP contribution in [0.15, 0.2) is 34.9 Å². The van der Waals surface area contributed by atoms with Crippen molar-refractivity contribution < 1.29 is 0 Å². The van der Waals surface area contributed by atoms with Crippen LogP contribution >= 0.6 is 15.9 Å². The van der Waals surface area contributed by atoms with E-state index < -0.39 is 0 Å². The highest BCUT2D eigenvalue weighted by Crippen LogP contribution is 2.28. The van der Waals surface area contributed by atoms with Crippen LogP contribution in [0.4, 0.5) is 11.5 Å². The standard InChI is InChI=1S/C15H17BrN2/c1-10-7-12(3)14(8-11(10)2)18(4)15-6-5-13(16)9-17-15/h5-9H,1-4H3. The minimum absolute atomic E-state index is 0.949. The van der Waals surface area contributed by atoms with E-state index in [1.54, 1.807) is 0 Å². The Labute approximate surface area is 117 Å². The molecule has 0 aliphatic rings. The number of pyridine rings is 1. The number of anilines is 2. The summed E-state index contributed by atoms with van der Waals surface area (Å²) < 4.78 is 0.997. The van der Waals surface area contributed by atoms with Crippen molar-refractivity contribution in [3.05, 3.63) is 51.6 Å². The van der Waals surface area contributed by atoms with Gasteiger partial charge in [0, 0.05) is 23.4 Å². The highest BCUT2D eigenvalue weighted by atomic mass is 79.9. The molecule has 0 unspecified atom stereocenters. The number of rotatable bonds is 2. The van der Waals surface area contributed by atoms with Crippen LogP contribution in [0.1, 0.15) is 16.7 Å². The lowest BCUT2D eigenvalue weighted by Crippen LogP contribution is -2.12. The first-order valence-electron chi connectivity index (χ1n) is 5.92. The average molecular weight is 305 g/mol. The van der Waals surface area contributed by atoms with Crippen molar-refractivity contribution in [1.82, 2.24) is 4.98 Å². The van der Waals surface area contributed by atoms with Crippen molar-refractivity contribution in [2.75, 3.05) is 11.9 Å². The molecule has 1 aromatic carbocycles. The fourth-order valence-electron chi connectivity index (χ4n) is 2.00. The maximum atomic E-state index is 4.43. The summed E-state index contributed by atoms with van der Waals surface area (Å²) in [5.41, 5.74) is 5.10. The zero-order valence-corrected chi connectivity index (χ0v) is 12.7. The number of aryl methyl sites for hydroxylation is 3. The third-order valence-corrected chi connectivity index (χ3v) is 3.70. The molecule has 18 heavy (non-hydrogen) atoms. The Hall–Kier alpha value is -1.35. The Morgan fingerprint density at radius 3 is 2.28 bits per heavy atom. The zero-order chi connectivity index (χ0) is 13.3. The molecule has 0 amide bonds. The maximum Gasteiger partial charge on any atom is 0.132 e. The molecule has 0 bridgehead atoms. The van der Waals surface area contributed by atoms with Gasteiger partial charge >= 0.3 is 0 Å². The molecule has 0 radical (unpaired) electrons. The molecule has 1 heterocycles. The molecule has 0 atom stereocenters. The fourth-order valence-corrected chi connectivity index (χ4v) is 2.23. The van der Waals surface area contributed by atoms with Gasteiger partial charge in [0.05, 0.1) is 0 Å². The van der Waals surface area contributed by atoms with Crippen molar-refractivity contribution in [2.24, 2.45) is 0 Å². The maximum absolute atomic E-state index is 4.43. The van der Waals surface area contributed by atoms with E-state index in [0.29, 0.717) is 0 Å². The Morgan fingerprint density at radius 2 is 1.67 bits per heavy atom. The first-order chi connectivity index (χ1) is 8.49. The second kappa shape index (κ2) is 5.11. The van der Waals surface area contributed by atoms with Crippen molar-refractivity contribution in [1.29, 1.82) is 0 Å². The molecule has 0 fully saturated rings. The summed E-state index contributed by atoms with van der Waals surface area (Å²) in [4.78, 5) is 6.55. The topological polar surface area (TPSA) is 16.1 Å². The minimum Gasteiger partial charge on any atom is -0.329 e. The predicted octanol–water partition coefficient (Wildman–Crippen LogP) is 4.54. The lowest BCUT2D eigenvalue weighted by molar-refractivity contribution is 1.10. The largest absolute Gasteiger partial charge is 0.329 e. The fraction of sp³-hybridized carbons (Fsp3) is 0.267. The number of hydrogen-bond donors (Lipinski definition) is 0. The Morgan fingerprint density at radius 1 is 1.00 bits per heavy atom. The Bertz CT molecular complexity index is 561. The van der Waals surface area contributed by atoms with E-state index in [0.717, 1.165) is 10.3 Å². The summed E-state index contributed by atoms with van der Waals surface area (Å²) in [7, 11) is 2.05. The molecular formula is C15H17BrN2. The van der Waals surface area contributed by atoms with Gasteiger partial charge in [-0.3, -0.25) is 0 Å². The zero-order valence-electron chi connectivity index (χ0n) is 11.2. The molecule has 0 aliphatic carbocycles. The smallest absolute Gasteiger partial charge is 0.132 e. The summed E-state index contributed by atoms with van der Waals surface area (Å²) in [5, 5.41) is 0. The van der Waals surface area contributed by atoms with Gasteiger partial charge in [-0.25, -0.2) is 4.98 Å². The molecule has 0 N–H and O–H groups in total. The second-order valence-corrected chi connectivity index (χ2v) is 5.53. The van der Waals surface area contributed by atoms with Gasteiger partial charge < -0.3 is 4.90 Å². The number of nitrogens with zero attached hydrogens (tertiary/aromatic N) is 2. The number of benzene rings is 1. The van der Waals surface area contributed by atoms with Gasteiger partial charge in [-0.15, -0.1) is 0 Å². The van der Waals surface area contributed by atoms with Crippen LogP contribution < -0.4 is 4.90 Å². The summed E-state index contributed by atoms with van der Waals surface area (Å²) in [5.74, 6) is 0.949. The van der Waals surface area contributed by atoms with E-state index in [2.05, 4.69) is 58.7 Å². The van der Waals surface area contributed by atoms with Gasteiger partial charge in [-0.2, -0.15) is 0 Å². The summed E-state index contributed by atoms with van der Waals surface area (Å²) >= 11 is 3.41.